The molecule has 0 aromatic carbocycles. The lowest BCUT2D eigenvalue weighted by Crippen LogP contribution is -1.99. The number of fused-ring (bicyclic) bond motifs is 2. The molecule has 2 atom stereocenters. The van der Waals surface area contributed by atoms with Gasteiger partial charge in [0.25, 0.3) is 0 Å². The molecule has 0 N–H and O–H groups in total. The first-order valence-corrected chi connectivity index (χ1v) is 3.15. The molecule has 0 aliphatic heterocycles. The Labute approximate surface area is 49.9 Å². The van der Waals surface area contributed by atoms with Gasteiger partial charge in [0.2, 0.25) is 0 Å². The molecule has 2 unspecified atom stereocenters. The summed E-state index contributed by atoms with van der Waals surface area (Å²) in [5.41, 5.74) is 0. The molecule has 2 aliphatic rings. The number of hydrogen-bond acceptors (Lipinski definition) is 0. The molecule has 40 valence electrons. The summed E-state index contributed by atoms with van der Waals surface area (Å²) >= 11 is 0. The first-order valence-electron chi connectivity index (χ1n) is 3.15. The highest BCUT2D eigenvalue weighted by Crippen LogP contribution is 2.30. The highest BCUT2D eigenvalue weighted by molar-refractivity contribution is 5.21. The maximum atomic E-state index is 2.30. The highest BCUT2D eigenvalue weighted by atomic mass is 14.2. The van der Waals surface area contributed by atoms with Gasteiger partial charge in [0.1, 0.15) is 0 Å². The van der Waals surface area contributed by atoms with Crippen LogP contribution in [-0.4, -0.2) is 0 Å². The van der Waals surface area contributed by atoms with Gasteiger partial charge in [-0.2, -0.15) is 0 Å². The summed E-state index contributed by atoms with van der Waals surface area (Å²) < 4.78 is 0. The van der Waals surface area contributed by atoms with Crippen molar-refractivity contribution in [3.8, 4) is 0 Å². The van der Waals surface area contributed by atoms with E-state index >= 15 is 0 Å². The molecule has 0 aromatic heterocycles. The van der Waals surface area contributed by atoms with Gasteiger partial charge in [-0.15, -0.1) is 0 Å². The average Bonchev–Trinajstić information content (AvgIpc) is 2.12. The fourth-order valence-corrected chi connectivity index (χ4v) is 1.39. The second kappa shape index (κ2) is 1.41. The molecule has 0 saturated carbocycles. The predicted octanol–water partition coefficient (Wildman–Crippen LogP) is 1.95. The molecular weight excluding hydrogens is 96.1 g/mol. The van der Waals surface area contributed by atoms with E-state index in [1.54, 1.807) is 0 Å². The average molecular weight is 105 g/mol. The summed E-state index contributed by atoms with van der Waals surface area (Å²) in [4.78, 5) is 0. The zero-order chi connectivity index (χ0) is 5.40. The molecule has 0 spiro atoms. The van der Waals surface area contributed by atoms with Crippen LogP contribution in [0.2, 0.25) is 0 Å². The van der Waals surface area contributed by atoms with Crippen LogP contribution >= 0.6 is 0 Å². The van der Waals surface area contributed by atoms with Gasteiger partial charge in [-0.05, 0) is 0 Å². The predicted molar refractivity (Wildman–Crippen MR) is 34.2 cm³/mol. The van der Waals surface area contributed by atoms with Crippen molar-refractivity contribution >= 4 is 0 Å². The Bertz CT molecular complexity index is 140. The number of allylic oxidation sites excluding steroid dienone is 4. The van der Waals surface area contributed by atoms with E-state index in [2.05, 4.69) is 30.7 Å². The van der Waals surface area contributed by atoms with Gasteiger partial charge in [-0.1, -0.05) is 12.2 Å². The van der Waals surface area contributed by atoms with Crippen LogP contribution in [0.25, 0.3) is 0 Å². The van der Waals surface area contributed by atoms with Crippen molar-refractivity contribution in [3.63, 3.8) is 0 Å². The van der Waals surface area contributed by atoms with E-state index in [4.69, 9.17) is 0 Å². The molecule has 0 amide bonds. The van der Waals surface area contributed by atoms with E-state index in [0.717, 1.165) is 11.8 Å². The van der Waals surface area contributed by atoms with Crippen LogP contribution in [0.15, 0.2) is 24.3 Å². The van der Waals surface area contributed by atoms with E-state index in [1.165, 1.54) is 6.42 Å². The van der Waals surface area contributed by atoms with Crippen molar-refractivity contribution in [1.82, 2.24) is 0 Å². The highest BCUT2D eigenvalue weighted by Gasteiger charge is 2.25. The van der Waals surface area contributed by atoms with Crippen LogP contribution in [0.4, 0.5) is 0 Å². The molecule has 0 radical (unpaired) electrons. The number of hydrogen-bond donors (Lipinski definition) is 0. The molecule has 0 fully saturated rings. The third-order valence-electron chi connectivity index (χ3n) is 1.87. The molecule has 0 saturated heterocycles. The molecule has 0 heteroatoms. The minimum absolute atomic E-state index is 0.769. The third-order valence-corrected chi connectivity index (χ3v) is 1.87. The van der Waals surface area contributed by atoms with Gasteiger partial charge < -0.3 is 0 Å². The molecule has 2 aliphatic carbocycles. The molecule has 2 bridgehead atoms. The lowest BCUT2D eigenvalue weighted by atomic mass is 9.94. The SMILES string of the molecule is C1=CC2C=CC([CH+]1)C2. The van der Waals surface area contributed by atoms with Crippen LogP contribution in [0.1, 0.15) is 6.42 Å². The van der Waals surface area contributed by atoms with Crippen LogP contribution in [-0.2, 0) is 0 Å². The van der Waals surface area contributed by atoms with E-state index in [1.807, 2.05) is 0 Å². The summed E-state index contributed by atoms with van der Waals surface area (Å²) in [6.45, 7) is 0. The van der Waals surface area contributed by atoms with Crippen molar-refractivity contribution < 1.29 is 0 Å². The van der Waals surface area contributed by atoms with Crippen LogP contribution in [0, 0.1) is 18.3 Å². The van der Waals surface area contributed by atoms with Crippen molar-refractivity contribution in [1.29, 1.82) is 0 Å². The summed E-state index contributed by atoms with van der Waals surface area (Å²) in [5.74, 6) is 1.54. The zero-order valence-corrected chi connectivity index (χ0v) is 4.75. The van der Waals surface area contributed by atoms with Crippen LogP contribution in [0.5, 0.6) is 0 Å². The summed E-state index contributed by atoms with van der Waals surface area (Å²) in [6.07, 6.45) is 12.6. The Hall–Kier alpha value is -0.650. The summed E-state index contributed by atoms with van der Waals surface area (Å²) in [7, 11) is 0. The monoisotopic (exact) mass is 105 g/mol. The van der Waals surface area contributed by atoms with Crippen molar-refractivity contribution in [2.24, 2.45) is 11.8 Å². The van der Waals surface area contributed by atoms with E-state index in [-0.39, 0.29) is 0 Å². The quantitative estimate of drug-likeness (QED) is 0.326. The van der Waals surface area contributed by atoms with Gasteiger partial charge in [0.15, 0.2) is 0 Å². The van der Waals surface area contributed by atoms with Gasteiger partial charge >= 0.3 is 0 Å². The van der Waals surface area contributed by atoms with Gasteiger partial charge in [0, 0.05) is 18.9 Å². The topological polar surface area (TPSA) is 0 Å². The van der Waals surface area contributed by atoms with E-state index < -0.39 is 0 Å². The van der Waals surface area contributed by atoms with Crippen LogP contribution < -0.4 is 0 Å². The Kier molecular flexibility index (Phi) is 0.750. The number of rotatable bonds is 0. The minimum Gasteiger partial charge on any atom is -0.0599 e. The van der Waals surface area contributed by atoms with Crippen LogP contribution in [0.3, 0.4) is 0 Å². The lowest BCUT2D eigenvalue weighted by molar-refractivity contribution is 0.634. The second-order valence-electron chi connectivity index (χ2n) is 2.53. The standard InChI is InChI=1S/C8H9/c1-2-7-4-5-8(3-1)6-7/h1-5,7-8H,6H2/q+1. The normalized spacial score (nSPS) is 40.0. The van der Waals surface area contributed by atoms with Crippen molar-refractivity contribution in [3.05, 3.63) is 30.7 Å². The zero-order valence-electron chi connectivity index (χ0n) is 4.75. The smallest absolute Gasteiger partial charge is 0.0599 e. The maximum Gasteiger partial charge on any atom is 0.0905 e. The molecule has 2 rings (SSSR count). The summed E-state index contributed by atoms with van der Waals surface area (Å²) in [5, 5.41) is 0. The first-order chi connectivity index (χ1) is 3.95. The second-order valence-corrected chi connectivity index (χ2v) is 2.53. The van der Waals surface area contributed by atoms with Gasteiger partial charge in [-0.25, -0.2) is 0 Å². The van der Waals surface area contributed by atoms with Crippen molar-refractivity contribution in [2.75, 3.05) is 0 Å². The van der Waals surface area contributed by atoms with Gasteiger partial charge in [-0.3, -0.25) is 0 Å². The molecule has 8 heavy (non-hydrogen) atoms. The Morgan fingerprint density at radius 2 is 2.25 bits per heavy atom. The van der Waals surface area contributed by atoms with Gasteiger partial charge in [0.05, 0.1) is 17.9 Å². The maximum absolute atomic E-state index is 2.30. The lowest BCUT2D eigenvalue weighted by Gasteiger charge is -2.02. The molecule has 0 nitrogen and oxygen atoms in total. The Morgan fingerprint density at radius 3 is 3.00 bits per heavy atom. The van der Waals surface area contributed by atoms with E-state index in [0.29, 0.717) is 0 Å². The fraction of sp³-hybridized carbons (Fsp3) is 0.375. The Balaban J connectivity index is 2.28. The molecular formula is C8H9+. The van der Waals surface area contributed by atoms with E-state index in [9.17, 15) is 0 Å². The molecule has 0 heterocycles. The fourth-order valence-electron chi connectivity index (χ4n) is 1.39. The first kappa shape index (κ1) is 4.25. The van der Waals surface area contributed by atoms with Crippen molar-refractivity contribution in [2.45, 2.75) is 6.42 Å². The molecule has 0 aromatic rings. The summed E-state index contributed by atoms with van der Waals surface area (Å²) in [6, 6.07) is 0. The third kappa shape index (κ3) is 0.492. The minimum atomic E-state index is 0.769. The Morgan fingerprint density at radius 1 is 1.25 bits per heavy atom. The largest absolute Gasteiger partial charge is 0.0905 e.